The van der Waals surface area contributed by atoms with Crippen LogP contribution in [-0.4, -0.2) is 53.5 Å². The number of ether oxygens (including phenoxy) is 3. The van der Waals surface area contributed by atoms with Gasteiger partial charge in [-0.05, 0) is 38.1 Å². The lowest BCUT2D eigenvalue weighted by molar-refractivity contribution is -0.386. The van der Waals surface area contributed by atoms with E-state index in [0.29, 0.717) is 0 Å². The van der Waals surface area contributed by atoms with E-state index in [1.807, 2.05) is 0 Å². The molecule has 14 heteroatoms. The minimum absolute atomic E-state index is 0.0400. The molecule has 2 aromatic rings. The van der Waals surface area contributed by atoms with Gasteiger partial charge in [0.2, 0.25) is 11.5 Å². The van der Waals surface area contributed by atoms with Crippen molar-refractivity contribution in [3.63, 3.8) is 0 Å². The molecule has 1 fully saturated rings. The molecule has 0 unspecified atom stereocenters. The molecule has 3 rings (SSSR count). The van der Waals surface area contributed by atoms with Crippen molar-refractivity contribution in [3.8, 4) is 5.75 Å². The van der Waals surface area contributed by atoms with Gasteiger partial charge in [-0.25, -0.2) is 14.4 Å². The molecule has 3 amide bonds. The first-order chi connectivity index (χ1) is 17.0. The predicted octanol–water partition coefficient (Wildman–Crippen LogP) is 3.05. The molecule has 1 N–H and O–H groups in total. The lowest BCUT2D eigenvalue weighted by atomic mass is 10.1. The van der Waals surface area contributed by atoms with Crippen LogP contribution in [0.1, 0.15) is 35.7 Å². The number of amides is 3. The smallest absolute Gasteiger partial charge is 0.373 e. The van der Waals surface area contributed by atoms with Gasteiger partial charge in [0, 0.05) is 16.7 Å². The van der Waals surface area contributed by atoms with Crippen LogP contribution in [0.25, 0.3) is 6.08 Å². The van der Waals surface area contributed by atoms with E-state index in [9.17, 15) is 29.3 Å². The zero-order valence-electron chi connectivity index (χ0n) is 19.2. The molecule has 13 nitrogen and oxygen atoms in total. The minimum Gasteiger partial charge on any atom is -0.471 e. The molecule has 1 aromatic carbocycles. The third-order valence-corrected chi connectivity index (χ3v) is 5.02. The average molecular weight is 522 g/mol. The summed E-state index contributed by atoms with van der Waals surface area (Å²) in [6, 6.07) is 4.22. The number of benzene rings is 1. The number of urea groups is 1. The molecule has 1 saturated heterocycles. The van der Waals surface area contributed by atoms with Gasteiger partial charge in [0.15, 0.2) is 6.10 Å². The summed E-state index contributed by atoms with van der Waals surface area (Å²) in [5, 5.41) is 13.9. The largest absolute Gasteiger partial charge is 0.471 e. The first-order valence-electron chi connectivity index (χ1n) is 10.4. The molecule has 1 aliphatic heterocycles. The Hall–Kier alpha value is -4.39. The molecular formula is C22H20ClN3O10. The number of nitrogens with zero attached hydrogens (tertiary/aromatic N) is 2. The van der Waals surface area contributed by atoms with Gasteiger partial charge in [-0.1, -0.05) is 11.6 Å². The van der Waals surface area contributed by atoms with E-state index in [-0.39, 0.29) is 46.7 Å². The summed E-state index contributed by atoms with van der Waals surface area (Å²) in [5.74, 6) is -2.62. The molecule has 0 aliphatic carbocycles. The van der Waals surface area contributed by atoms with Crippen LogP contribution in [0.15, 0.2) is 34.4 Å². The number of carbonyl (C=O) groups excluding carboxylic acids is 4. The van der Waals surface area contributed by atoms with Crippen molar-refractivity contribution in [3.05, 3.63) is 62.2 Å². The third kappa shape index (κ3) is 5.63. The summed E-state index contributed by atoms with van der Waals surface area (Å²) in [4.78, 5) is 60.6. The van der Waals surface area contributed by atoms with Crippen molar-refractivity contribution in [2.45, 2.75) is 26.5 Å². The molecule has 0 radical (unpaired) electrons. The highest BCUT2D eigenvalue weighted by molar-refractivity contribution is 6.31. The predicted molar refractivity (Wildman–Crippen MR) is 122 cm³/mol. The van der Waals surface area contributed by atoms with E-state index in [4.69, 9.17) is 25.5 Å². The van der Waals surface area contributed by atoms with E-state index in [1.54, 1.807) is 6.92 Å². The van der Waals surface area contributed by atoms with E-state index >= 15 is 0 Å². The molecule has 0 spiro atoms. The van der Waals surface area contributed by atoms with Gasteiger partial charge >= 0.3 is 23.7 Å². The van der Waals surface area contributed by atoms with Crippen LogP contribution >= 0.6 is 11.6 Å². The molecule has 0 bridgehead atoms. The number of nitro groups is 1. The normalized spacial score (nSPS) is 15.0. The van der Waals surface area contributed by atoms with Crippen molar-refractivity contribution in [2.24, 2.45) is 0 Å². The summed E-state index contributed by atoms with van der Waals surface area (Å²) in [6.45, 7) is 2.69. The van der Waals surface area contributed by atoms with Crippen molar-refractivity contribution in [2.75, 3.05) is 13.7 Å². The van der Waals surface area contributed by atoms with Crippen molar-refractivity contribution in [1.82, 2.24) is 10.2 Å². The van der Waals surface area contributed by atoms with Gasteiger partial charge in [0.25, 0.3) is 5.91 Å². The maximum absolute atomic E-state index is 12.9. The van der Waals surface area contributed by atoms with Gasteiger partial charge in [-0.3, -0.25) is 19.8 Å². The standard InChI is InChI=1S/C22H20ClN3O10/c1-4-34-20(28)11(2)35-18-12(7-13(23)9-16(18)26(31)32)8-15-19(27)25(22(30)24-15)10-14-5-6-17(36-14)21(29)33-3/h5-9,11H,4,10H2,1-3H3,(H,24,30)/b15-8-/t11-/m1/s1. The molecule has 1 aliphatic rings. The maximum Gasteiger partial charge on any atom is 0.373 e. The second kappa shape index (κ2) is 10.9. The summed E-state index contributed by atoms with van der Waals surface area (Å²) in [5.41, 5.74) is -0.850. The van der Waals surface area contributed by atoms with Crippen LogP contribution < -0.4 is 10.1 Å². The lowest BCUT2D eigenvalue weighted by Gasteiger charge is -2.16. The number of nitro benzene ring substituents is 1. The number of furan rings is 1. The fraction of sp³-hybridized carbons (Fsp3) is 0.273. The number of rotatable bonds is 9. The summed E-state index contributed by atoms with van der Waals surface area (Å²) in [6.07, 6.45) is -0.0933. The maximum atomic E-state index is 12.9. The molecule has 2 heterocycles. The number of hydrogen-bond acceptors (Lipinski definition) is 10. The zero-order chi connectivity index (χ0) is 26.6. The number of halogens is 1. The van der Waals surface area contributed by atoms with Crippen molar-refractivity contribution < 1.29 is 42.7 Å². The molecule has 190 valence electrons. The number of methoxy groups -OCH3 is 1. The van der Waals surface area contributed by atoms with Crippen LogP contribution in [0.2, 0.25) is 5.02 Å². The second-order valence-electron chi connectivity index (χ2n) is 7.25. The number of carbonyl (C=O) groups is 4. The highest BCUT2D eigenvalue weighted by atomic mass is 35.5. The Morgan fingerprint density at radius 2 is 2.03 bits per heavy atom. The van der Waals surface area contributed by atoms with Gasteiger partial charge < -0.3 is 23.9 Å². The summed E-state index contributed by atoms with van der Waals surface area (Å²) < 4.78 is 20.2. The Morgan fingerprint density at radius 3 is 2.67 bits per heavy atom. The number of hydrogen-bond donors (Lipinski definition) is 1. The zero-order valence-corrected chi connectivity index (χ0v) is 20.0. The Kier molecular flexibility index (Phi) is 7.94. The Balaban J connectivity index is 1.94. The van der Waals surface area contributed by atoms with Crippen LogP contribution in [0.4, 0.5) is 10.5 Å². The fourth-order valence-electron chi connectivity index (χ4n) is 3.16. The molecule has 1 aromatic heterocycles. The SMILES string of the molecule is CCOC(=O)[C@@H](C)Oc1c(/C=C2\NC(=O)N(Cc3ccc(C(=O)OC)o3)C2=O)cc(Cl)cc1[N+](=O)[O-]. The second-order valence-corrected chi connectivity index (χ2v) is 7.69. The Labute approximate surface area is 208 Å². The molecular weight excluding hydrogens is 502 g/mol. The van der Waals surface area contributed by atoms with Crippen molar-refractivity contribution in [1.29, 1.82) is 0 Å². The van der Waals surface area contributed by atoms with Crippen LogP contribution in [-0.2, 0) is 25.6 Å². The third-order valence-electron chi connectivity index (χ3n) is 4.80. The minimum atomic E-state index is -1.23. The lowest BCUT2D eigenvalue weighted by Crippen LogP contribution is -2.30. The summed E-state index contributed by atoms with van der Waals surface area (Å²) in [7, 11) is 1.17. The van der Waals surface area contributed by atoms with Gasteiger partial charge in [0.05, 0.1) is 25.2 Å². The highest BCUT2D eigenvalue weighted by Gasteiger charge is 2.35. The van der Waals surface area contributed by atoms with E-state index in [0.717, 1.165) is 17.0 Å². The van der Waals surface area contributed by atoms with Crippen LogP contribution in [0, 0.1) is 10.1 Å². The number of nitrogens with one attached hydrogen (secondary N) is 1. The quantitative estimate of drug-likeness (QED) is 0.170. The Morgan fingerprint density at radius 1 is 1.31 bits per heavy atom. The van der Waals surface area contributed by atoms with Crippen LogP contribution in [0.3, 0.4) is 0 Å². The highest BCUT2D eigenvalue weighted by Crippen LogP contribution is 2.37. The van der Waals surface area contributed by atoms with Gasteiger partial charge in [0.1, 0.15) is 11.5 Å². The summed E-state index contributed by atoms with van der Waals surface area (Å²) >= 11 is 6.03. The molecule has 36 heavy (non-hydrogen) atoms. The first-order valence-corrected chi connectivity index (χ1v) is 10.8. The topological polar surface area (TPSA) is 168 Å². The van der Waals surface area contributed by atoms with Crippen LogP contribution in [0.5, 0.6) is 5.75 Å². The number of imide groups is 1. The van der Waals surface area contributed by atoms with Crippen molar-refractivity contribution >= 4 is 47.2 Å². The molecule has 0 saturated carbocycles. The first kappa shape index (κ1) is 26.2. The van der Waals surface area contributed by atoms with E-state index in [1.165, 1.54) is 32.2 Å². The van der Waals surface area contributed by atoms with Gasteiger partial charge in [-0.15, -0.1) is 0 Å². The monoisotopic (exact) mass is 521 g/mol. The molecule has 1 atom stereocenters. The fourth-order valence-corrected chi connectivity index (χ4v) is 3.38. The average Bonchev–Trinajstić information content (AvgIpc) is 3.40. The van der Waals surface area contributed by atoms with E-state index < -0.39 is 40.6 Å². The Bertz CT molecular complexity index is 1270. The van der Waals surface area contributed by atoms with Gasteiger partial charge in [-0.2, -0.15) is 0 Å². The van der Waals surface area contributed by atoms with E-state index in [2.05, 4.69) is 10.1 Å². The number of esters is 2.